The first-order chi connectivity index (χ1) is 6.98. The van der Waals surface area contributed by atoms with Crippen LogP contribution in [0.15, 0.2) is 23.2 Å². The van der Waals surface area contributed by atoms with Gasteiger partial charge in [-0.05, 0) is 32.0 Å². The van der Waals surface area contributed by atoms with Crippen molar-refractivity contribution in [2.24, 2.45) is 4.99 Å². The molecule has 0 bridgehead atoms. The molecular formula is C11H13ClN2O. The fraction of sp³-hybridized carbons (Fsp3) is 0.364. The van der Waals surface area contributed by atoms with Crippen LogP contribution in [0.3, 0.4) is 0 Å². The smallest absolute Gasteiger partial charge is 0.218 e. The van der Waals surface area contributed by atoms with E-state index in [1.165, 1.54) is 0 Å². The zero-order valence-electron chi connectivity index (χ0n) is 8.75. The third-order valence-corrected chi connectivity index (χ3v) is 2.46. The van der Waals surface area contributed by atoms with Crippen LogP contribution in [0.25, 0.3) is 0 Å². The summed E-state index contributed by atoms with van der Waals surface area (Å²) in [6.45, 7) is 4.63. The molecule has 0 spiro atoms. The summed E-state index contributed by atoms with van der Waals surface area (Å²) in [4.78, 5) is 4.32. The summed E-state index contributed by atoms with van der Waals surface area (Å²) in [7, 11) is 0. The minimum absolute atomic E-state index is 0.246. The lowest BCUT2D eigenvalue weighted by molar-refractivity contribution is 0.131. The van der Waals surface area contributed by atoms with Gasteiger partial charge in [0.15, 0.2) is 0 Å². The Bertz CT molecular complexity index is 427. The Morgan fingerprint density at radius 3 is 2.80 bits per heavy atom. The van der Waals surface area contributed by atoms with Crippen LogP contribution in [-0.2, 0) is 4.74 Å². The molecule has 1 aromatic rings. The number of anilines is 1. The molecule has 0 amide bonds. The molecule has 0 radical (unpaired) electrons. The summed E-state index contributed by atoms with van der Waals surface area (Å²) >= 11 is 5.90. The van der Waals surface area contributed by atoms with Crippen molar-refractivity contribution < 1.29 is 4.74 Å². The van der Waals surface area contributed by atoms with E-state index in [1.807, 2.05) is 13.8 Å². The maximum atomic E-state index is 5.90. The van der Waals surface area contributed by atoms with Crippen LogP contribution < -0.4 is 5.73 Å². The van der Waals surface area contributed by atoms with Crippen molar-refractivity contribution in [1.82, 2.24) is 0 Å². The summed E-state index contributed by atoms with van der Waals surface area (Å²) < 4.78 is 5.68. The molecule has 0 fully saturated rings. The normalized spacial score (nSPS) is 18.5. The van der Waals surface area contributed by atoms with Crippen molar-refractivity contribution in [2.75, 3.05) is 12.3 Å². The second-order valence-electron chi connectivity index (χ2n) is 4.21. The number of ether oxygens (including phenoxy) is 1. The van der Waals surface area contributed by atoms with Gasteiger partial charge >= 0.3 is 0 Å². The largest absolute Gasteiger partial charge is 0.469 e. The number of nitrogens with zero attached hydrogens (tertiary/aromatic N) is 1. The van der Waals surface area contributed by atoms with E-state index >= 15 is 0 Å². The van der Waals surface area contributed by atoms with Gasteiger partial charge in [0.2, 0.25) is 5.90 Å². The molecule has 0 saturated heterocycles. The topological polar surface area (TPSA) is 47.6 Å². The molecule has 0 saturated carbocycles. The first-order valence-electron chi connectivity index (χ1n) is 4.77. The number of halogens is 1. The van der Waals surface area contributed by atoms with Crippen LogP contribution in [0.2, 0.25) is 5.02 Å². The Hall–Kier alpha value is -1.22. The minimum atomic E-state index is -0.246. The van der Waals surface area contributed by atoms with Gasteiger partial charge in [-0.1, -0.05) is 11.6 Å². The lowest BCUT2D eigenvalue weighted by atomic mass is 10.1. The predicted molar refractivity (Wildman–Crippen MR) is 62.4 cm³/mol. The number of aliphatic imine (C=N–C) groups is 1. The number of benzene rings is 1. The van der Waals surface area contributed by atoms with Gasteiger partial charge in [0.25, 0.3) is 0 Å². The van der Waals surface area contributed by atoms with Crippen LogP contribution in [0.5, 0.6) is 0 Å². The van der Waals surface area contributed by atoms with Crippen molar-refractivity contribution in [3.05, 3.63) is 28.8 Å². The van der Waals surface area contributed by atoms with Crippen molar-refractivity contribution in [2.45, 2.75) is 19.4 Å². The fourth-order valence-corrected chi connectivity index (χ4v) is 1.61. The van der Waals surface area contributed by atoms with E-state index in [0.717, 1.165) is 5.56 Å². The van der Waals surface area contributed by atoms with Gasteiger partial charge in [-0.2, -0.15) is 0 Å². The lowest BCUT2D eigenvalue weighted by Gasteiger charge is -2.17. The molecule has 1 aliphatic rings. The Labute approximate surface area is 93.9 Å². The number of nitrogens with two attached hydrogens (primary N) is 1. The Morgan fingerprint density at radius 2 is 2.20 bits per heavy atom. The average molecular weight is 225 g/mol. The molecule has 0 unspecified atom stereocenters. The van der Waals surface area contributed by atoms with Crippen LogP contribution in [0.1, 0.15) is 19.4 Å². The van der Waals surface area contributed by atoms with E-state index in [0.29, 0.717) is 23.2 Å². The summed E-state index contributed by atoms with van der Waals surface area (Å²) in [6.07, 6.45) is 0. The summed E-state index contributed by atoms with van der Waals surface area (Å²) in [5.74, 6) is 0.583. The van der Waals surface area contributed by atoms with Gasteiger partial charge in [0.05, 0.1) is 12.1 Å². The zero-order valence-corrected chi connectivity index (χ0v) is 9.51. The molecule has 80 valence electrons. The highest BCUT2D eigenvalue weighted by atomic mass is 35.5. The first kappa shape index (κ1) is 10.3. The quantitative estimate of drug-likeness (QED) is 0.745. The summed E-state index contributed by atoms with van der Waals surface area (Å²) in [6, 6.07) is 5.28. The Kier molecular flexibility index (Phi) is 2.35. The lowest BCUT2D eigenvalue weighted by Crippen LogP contribution is -2.24. The Morgan fingerprint density at radius 1 is 1.47 bits per heavy atom. The van der Waals surface area contributed by atoms with E-state index in [-0.39, 0.29) is 5.60 Å². The first-order valence-corrected chi connectivity index (χ1v) is 5.15. The van der Waals surface area contributed by atoms with Gasteiger partial charge in [0, 0.05) is 10.7 Å². The van der Waals surface area contributed by atoms with Gasteiger partial charge in [-0.15, -0.1) is 0 Å². The number of hydrogen-bond donors (Lipinski definition) is 1. The molecule has 15 heavy (non-hydrogen) atoms. The van der Waals surface area contributed by atoms with Crippen molar-refractivity contribution in [1.29, 1.82) is 0 Å². The molecule has 0 aromatic heterocycles. The van der Waals surface area contributed by atoms with Crippen LogP contribution in [0.4, 0.5) is 5.69 Å². The second-order valence-corrected chi connectivity index (χ2v) is 4.65. The van der Waals surface area contributed by atoms with E-state index < -0.39 is 0 Å². The highest BCUT2D eigenvalue weighted by Gasteiger charge is 2.29. The molecule has 1 heterocycles. The molecular weight excluding hydrogens is 212 g/mol. The van der Waals surface area contributed by atoms with Crippen LogP contribution >= 0.6 is 11.6 Å². The SMILES string of the molecule is CC1(C)CN=C(c2cc(Cl)ccc2N)O1. The molecule has 0 aliphatic carbocycles. The van der Waals surface area contributed by atoms with Gasteiger partial charge in [0.1, 0.15) is 5.60 Å². The highest BCUT2D eigenvalue weighted by molar-refractivity contribution is 6.31. The number of hydrogen-bond acceptors (Lipinski definition) is 3. The second kappa shape index (κ2) is 3.42. The molecule has 3 nitrogen and oxygen atoms in total. The van der Waals surface area contributed by atoms with Gasteiger partial charge in [-0.3, -0.25) is 0 Å². The van der Waals surface area contributed by atoms with Gasteiger partial charge < -0.3 is 10.5 Å². The number of rotatable bonds is 1. The monoisotopic (exact) mass is 224 g/mol. The van der Waals surface area contributed by atoms with Crippen LogP contribution in [-0.4, -0.2) is 18.0 Å². The maximum Gasteiger partial charge on any atom is 0.218 e. The summed E-state index contributed by atoms with van der Waals surface area (Å²) in [5.41, 5.74) is 7.00. The third-order valence-electron chi connectivity index (χ3n) is 2.22. The maximum absolute atomic E-state index is 5.90. The Balaban J connectivity index is 2.35. The number of nitrogen functional groups attached to an aromatic ring is 1. The molecule has 1 aliphatic heterocycles. The van der Waals surface area contributed by atoms with E-state index in [4.69, 9.17) is 22.1 Å². The van der Waals surface area contributed by atoms with Crippen molar-refractivity contribution in [3.63, 3.8) is 0 Å². The summed E-state index contributed by atoms with van der Waals surface area (Å²) in [5, 5.41) is 0.634. The molecule has 1 aromatic carbocycles. The van der Waals surface area contributed by atoms with E-state index in [2.05, 4.69) is 4.99 Å². The molecule has 2 N–H and O–H groups in total. The highest BCUT2D eigenvalue weighted by Crippen LogP contribution is 2.25. The van der Waals surface area contributed by atoms with Crippen molar-refractivity contribution in [3.8, 4) is 0 Å². The van der Waals surface area contributed by atoms with Crippen molar-refractivity contribution >= 4 is 23.2 Å². The van der Waals surface area contributed by atoms with E-state index in [1.54, 1.807) is 18.2 Å². The van der Waals surface area contributed by atoms with Gasteiger partial charge in [-0.25, -0.2) is 4.99 Å². The minimum Gasteiger partial charge on any atom is -0.469 e. The zero-order chi connectivity index (χ0) is 11.1. The molecule has 0 atom stereocenters. The fourth-order valence-electron chi connectivity index (χ4n) is 1.44. The average Bonchev–Trinajstić information content (AvgIpc) is 2.50. The standard InChI is InChI=1S/C11H13ClN2O/c1-11(2)6-14-10(15-11)8-5-7(12)3-4-9(8)13/h3-5H,6,13H2,1-2H3. The third kappa shape index (κ3) is 2.07. The predicted octanol–water partition coefficient (Wildman–Crippen LogP) is 2.48. The molecule has 2 rings (SSSR count). The van der Waals surface area contributed by atoms with Crippen LogP contribution in [0, 0.1) is 0 Å². The van der Waals surface area contributed by atoms with E-state index in [9.17, 15) is 0 Å². The molecule has 4 heteroatoms.